The lowest BCUT2D eigenvalue weighted by molar-refractivity contribution is -0.124. The van der Waals surface area contributed by atoms with Crippen molar-refractivity contribution in [3.8, 4) is 0 Å². The van der Waals surface area contributed by atoms with Gasteiger partial charge in [-0.25, -0.2) is 4.79 Å². The van der Waals surface area contributed by atoms with E-state index >= 15 is 0 Å². The highest BCUT2D eigenvalue weighted by molar-refractivity contribution is 5.95. The summed E-state index contributed by atoms with van der Waals surface area (Å²) in [7, 11) is 0. The lowest BCUT2D eigenvalue weighted by Gasteiger charge is -2.35. The number of amides is 3. The maximum Gasteiger partial charge on any atom is 0.324 e. The summed E-state index contributed by atoms with van der Waals surface area (Å²) in [6.07, 6.45) is 4.90. The third-order valence-electron chi connectivity index (χ3n) is 4.49. The molecule has 0 spiro atoms. The van der Waals surface area contributed by atoms with Gasteiger partial charge in [0, 0.05) is 19.0 Å². The van der Waals surface area contributed by atoms with Crippen LogP contribution in [0.3, 0.4) is 0 Å². The first-order valence-electron chi connectivity index (χ1n) is 8.93. The Kier molecular flexibility index (Phi) is 7.91. The minimum absolute atomic E-state index is 0.0315. The first-order valence-corrected chi connectivity index (χ1v) is 8.93. The van der Waals surface area contributed by atoms with E-state index in [1.807, 2.05) is 4.90 Å². The van der Waals surface area contributed by atoms with Crippen molar-refractivity contribution >= 4 is 11.9 Å². The molecular weight excluding hydrogens is 276 g/mol. The summed E-state index contributed by atoms with van der Waals surface area (Å²) in [6, 6.07) is -0.200. The van der Waals surface area contributed by atoms with E-state index in [9.17, 15) is 9.59 Å². The van der Waals surface area contributed by atoms with E-state index in [2.05, 4.69) is 39.9 Å². The Morgan fingerprint density at radius 2 is 1.68 bits per heavy atom. The molecule has 1 aliphatic heterocycles. The van der Waals surface area contributed by atoms with Gasteiger partial charge in [0.2, 0.25) is 5.91 Å². The smallest absolute Gasteiger partial charge is 0.324 e. The maximum atomic E-state index is 12.4. The second-order valence-corrected chi connectivity index (χ2v) is 7.60. The molecule has 1 fully saturated rings. The number of urea groups is 1. The van der Waals surface area contributed by atoms with E-state index in [-0.39, 0.29) is 17.9 Å². The SMILES string of the molecule is CCC[C@@H](CCC(C)C)C(=O)NC(=O)N1CC(C)C[C@@H](C)C1. The molecular formula is C18H34N2O2. The van der Waals surface area contributed by atoms with Crippen LogP contribution in [0.25, 0.3) is 0 Å². The van der Waals surface area contributed by atoms with Crippen molar-refractivity contribution in [1.82, 2.24) is 10.2 Å². The molecule has 4 nitrogen and oxygen atoms in total. The van der Waals surface area contributed by atoms with Crippen LogP contribution in [0.5, 0.6) is 0 Å². The zero-order valence-electron chi connectivity index (χ0n) is 15.0. The number of carbonyl (C=O) groups excluding carboxylic acids is 2. The quantitative estimate of drug-likeness (QED) is 0.804. The molecule has 0 saturated carbocycles. The van der Waals surface area contributed by atoms with Gasteiger partial charge in [0.25, 0.3) is 0 Å². The summed E-state index contributed by atoms with van der Waals surface area (Å²) < 4.78 is 0. The highest BCUT2D eigenvalue weighted by atomic mass is 16.2. The molecule has 0 aromatic rings. The molecule has 0 bridgehead atoms. The fourth-order valence-electron chi connectivity index (χ4n) is 3.40. The zero-order valence-corrected chi connectivity index (χ0v) is 15.0. The number of nitrogens with one attached hydrogen (secondary N) is 1. The average molecular weight is 310 g/mol. The number of imide groups is 1. The Morgan fingerprint density at radius 3 is 2.18 bits per heavy atom. The molecule has 0 aliphatic carbocycles. The van der Waals surface area contributed by atoms with Gasteiger partial charge in [-0.2, -0.15) is 0 Å². The van der Waals surface area contributed by atoms with Gasteiger partial charge < -0.3 is 4.90 Å². The molecule has 0 radical (unpaired) electrons. The van der Waals surface area contributed by atoms with Gasteiger partial charge in [0.1, 0.15) is 0 Å². The fourth-order valence-corrected chi connectivity index (χ4v) is 3.40. The van der Waals surface area contributed by atoms with Crippen molar-refractivity contribution in [1.29, 1.82) is 0 Å². The standard InChI is InChI=1S/C18H34N2O2/c1-6-7-16(9-8-13(2)3)17(21)19-18(22)20-11-14(4)10-15(5)12-20/h13-16H,6-12H2,1-5H3,(H,19,21,22)/t14-,15?,16+/m1/s1. The monoisotopic (exact) mass is 310 g/mol. The van der Waals surface area contributed by atoms with Gasteiger partial charge >= 0.3 is 6.03 Å². The van der Waals surface area contributed by atoms with Crippen LogP contribution in [0, 0.1) is 23.7 Å². The van der Waals surface area contributed by atoms with Crippen molar-refractivity contribution in [3.05, 3.63) is 0 Å². The van der Waals surface area contributed by atoms with Crippen LogP contribution in [0.2, 0.25) is 0 Å². The van der Waals surface area contributed by atoms with Gasteiger partial charge in [-0.3, -0.25) is 10.1 Å². The molecule has 3 atom stereocenters. The van der Waals surface area contributed by atoms with Crippen LogP contribution in [0.1, 0.15) is 66.7 Å². The Balaban J connectivity index is 2.54. The van der Waals surface area contributed by atoms with Crippen LogP contribution in [0.15, 0.2) is 0 Å². The van der Waals surface area contributed by atoms with E-state index in [1.54, 1.807) is 0 Å². The van der Waals surface area contributed by atoms with E-state index in [4.69, 9.17) is 0 Å². The van der Waals surface area contributed by atoms with E-state index < -0.39 is 0 Å². The number of hydrogen-bond acceptors (Lipinski definition) is 2. The van der Waals surface area contributed by atoms with Crippen molar-refractivity contribution in [2.24, 2.45) is 23.7 Å². The number of rotatable bonds is 6. The molecule has 1 N–H and O–H groups in total. The highest BCUT2D eigenvalue weighted by Gasteiger charge is 2.28. The topological polar surface area (TPSA) is 49.4 Å². The summed E-state index contributed by atoms with van der Waals surface area (Å²) >= 11 is 0. The molecule has 22 heavy (non-hydrogen) atoms. The van der Waals surface area contributed by atoms with E-state index in [1.165, 1.54) is 0 Å². The van der Waals surface area contributed by atoms with E-state index in [0.29, 0.717) is 17.8 Å². The van der Waals surface area contributed by atoms with Crippen LogP contribution in [-0.2, 0) is 4.79 Å². The molecule has 1 heterocycles. The fraction of sp³-hybridized carbons (Fsp3) is 0.889. The molecule has 1 rings (SSSR count). The number of likely N-dealkylation sites (tertiary alicyclic amines) is 1. The predicted octanol–water partition coefficient (Wildman–Crippen LogP) is 4.05. The number of carbonyl (C=O) groups is 2. The normalized spacial score (nSPS) is 23.5. The summed E-state index contributed by atoms with van der Waals surface area (Å²) in [5.41, 5.74) is 0. The van der Waals surface area contributed by atoms with E-state index in [0.717, 1.165) is 45.2 Å². The van der Waals surface area contributed by atoms with Crippen molar-refractivity contribution < 1.29 is 9.59 Å². The minimum atomic E-state index is -0.200. The largest absolute Gasteiger partial charge is 0.324 e. The maximum absolute atomic E-state index is 12.4. The summed E-state index contributed by atoms with van der Waals surface area (Å²) in [4.78, 5) is 26.6. The van der Waals surface area contributed by atoms with Crippen LogP contribution < -0.4 is 5.32 Å². The Bertz CT molecular complexity index is 358. The molecule has 4 heteroatoms. The van der Waals surface area contributed by atoms with Gasteiger partial charge in [-0.1, -0.05) is 47.5 Å². The number of hydrogen-bond donors (Lipinski definition) is 1. The minimum Gasteiger partial charge on any atom is -0.324 e. The molecule has 3 amide bonds. The second-order valence-electron chi connectivity index (χ2n) is 7.60. The van der Waals surface area contributed by atoms with Gasteiger partial charge in [0.05, 0.1) is 0 Å². The van der Waals surface area contributed by atoms with Crippen molar-refractivity contribution in [3.63, 3.8) is 0 Å². The molecule has 128 valence electrons. The van der Waals surface area contributed by atoms with Crippen molar-refractivity contribution in [2.45, 2.75) is 66.7 Å². The average Bonchev–Trinajstić information content (AvgIpc) is 2.41. The summed E-state index contributed by atoms with van der Waals surface area (Å²) in [5, 5.41) is 2.65. The first kappa shape index (κ1) is 19.0. The van der Waals surface area contributed by atoms with Gasteiger partial charge in [-0.05, 0) is 37.0 Å². The Hall–Kier alpha value is -1.06. The summed E-state index contributed by atoms with van der Waals surface area (Å²) in [6.45, 7) is 12.3. The van der Waals surface area contributed by atoms with Crippen LogP contribution in [-0.4, -0.2) is 29.9 Å². The predicted molar refractivity (Wildman–Crippen MR) is 90.5 cm³/mol. The molecule has 0 aromatic carbocycles. The lowest BCUT2D eigenvalue weighted by atomic mass is 9.92. The number of nitrogens with zero attached hydrogens (tertiary/aromatic N) is 1. The second kappa shape index (κ2) is 9.16. The van der Waals surface area contributed by atoms with Gasteiger partial charge in [-0.15, -0.1) is 0 Å². The highest BCUT2D eigenvalue weighted by Crippen LogP contribution is 2.21. The third-order valence-corrected chi connectivity index (χ3v) is 4.49. The molecule has 1 saturated heterocycles. The van der Waals surface area contributed by atoms with Gasteiger partial charge in [0.15, 0.2) is 0 Å². The molecule has 0 aromatic heterocycles. The summed E-state index contributed by atoms with van der Waals surface area (Å²) in [5.74, 6) is 1.50. The Morgan fingerprint density at radius 1 is 1.09 bits per heavy atom. The third kappa shape index (κ3) is 6.37. The van der Waals surface area contributed by atoms with Crippen molar-refractivity contribution in [2.75, 3.05) is 13.1 Å². The zero-order chi connectivity index (χ0) is 16.7. The number of piperidine rings is 1. The lowest BCUT2D eigenvalue weighted by Crippen LogP contribution is -2.50. The molecule has 1 unspecified atom stereocenters. The Labute approximate surface area is 136 Å². The molecule has 1 aliphatic rings. The van der Waals surface area contributed by atoms with Crippen LogP contribution >= 0.6 is 0 Å². The van der Waals surface area contributed by atoms with Crippen LogP contribution in [0.4, 0.5) is 4.79 Å². The first-order chi connectivity index (χ1) is 10.3.